The molecule has 0 aliphatic heterocycles. The Labute approximate surface area is 89.7 Å². The van der Waals surface area contributed by atoms with Crippen LogP contribution in [-0.2, 0) is 0 Å². The molecule has 0 bridgehead atoms. The highest BCUT2D eigenvalue weighted by Gasteiger charge is 2.09. The molecular formula is C13H14N2. The molecule has 2 rings (SSSR count). The van der Waals surface area contributed by atoms with Crippen LogP contribution in [0.2, 0.25) is 0 Å². The fourth-order valence-electron chi connectivity index (χ4n) is 1.89. The number of rotatable bonds is 1. The van der Waals surface area contributed by atoms with Gasteiger partial charge in [0.2, 0.25) is 0 Å². The van der Waals surface area contributed by atoms with Crippen molar-refractivity contribution in [2.24, 2.45) is 0 Å². The zero-order valence-electron chi connectivity index (χ0n) is 9.28. The molecule has 2 aromatic rings. The van der Waals surface area contributed by atoms with Crippen molar-refractivity contribution in [2.45, 2.75) is 26.8 Å². The smallest absolute Gasteiger partial charge is 0.101 e. The average molecular weight is 198 g/mol. The molecule has 2 heteroatoms. The van der Waals surface area contributed by atoms with Crippen molar-refractivity contribution in [2.75, 3.05) is 0 Å². The summed E-state index contributed by atoms with van der Waals surface area (Å²) < 4.78 is 2.15. The van der Waals surface area contributed by atoms with E-state index in [-0.39, 0.29) is 0 Å². The first-order chi connectivity index (χ1) is 7.13. The summed E-state index contributed by atoms with van der Waals surface area (Å²) in [6.07, 6.45) is 1.94. The lowest BCUT2D eigenvalue weighted by Crippen LogP contribution is -1.97. The zero-order chi connectivity index (χ0) is 11.0. The Morgan fingerprint density at radius 1 is 1.33 bits per heavy atom. The van der Waals surface area contributed by atoms with Gasteiger partial charge in [-0.25, -0.2) is 0 Å². The third kappa shape index (κ3) is 1.50. The van der Waals surface area contributed by atoms with Gasteiger partial charge in [0, 0.05) is 23.1 Å². The number of nitrogens with zero attached hydrogens (tertiary/aromatic N) is 2. The highest BCUT2D eigenvalue weighted by atomic mass is 15.0. The van der Waals surface area contributed by atoms with Gasteiger partial charge in [0.05, 0.1) is 5.56 Å². The van der Waals surface area contributed by atoms with Crippen molar-refractivity contribution < 1.29 is 0 Å². The molecule has 0 aliphatic rings. The van der Waals surface area contributed by atoms with Gasteiger partial charge in [0.15, 0.2) is 0 Å². The number of benzene rings is 1. The summed E-state index contributed by atoms with van der Waals surface area (Å²) in [5.41, 5.74) is 3.11. The van der Waals surface area contributed by atoms with Crippen LogP contribution in [0.15, 0.2) is 24.4 Å². The van der Waals surface area contributed by atoms with E-state index in [2.05, 4.69) is 42.7 Å². The fourth-order valence-corrected chi connectivity index (χ4v) is 1.89. The lowest BCUT2D eigenvalue weighted by atomic mass is 10.1. The van der Waals surface area contributed by atoms with Crippen molar-refractivity contribution in [1.82, 2.24) is 4.57 Å². The summed E-state index contributed by atoms with van der Waals surface area (Å²) in [6.45, 7) is 6.30. The molecule has 2 nitrogen and oxygen atoms in total. The van der Waals surface area contributed by atoms with Gasteiger partial charge in [0.1, 0.15) is 6.07 Å². The minimum Gasteiger partial charge on any atom is -0.344 e. The van der Waals surface area contributed by atoms with E-state index in [1.807, 2.05) is 13.1 Å². The molecular weight excluding hydrogens is 184 g/mol. The Bertz CT molecular complexity index is 541. The molecule has 0 amide bonds. The Morgan fingerprint density at radius 2 is 2.07 bits per heavy atom. The van der Waals surface area contributed by atoms with Crippen molar-refractivity contribution in [1.29, 1.82) is 5.26 Å². The lowest BCUT2D eigenvalue weighted by molar-refractivity contribution is 0.622. The topological polar surface area (TPSA) is 28.7 Å². The molecule has 1 aromatic heterocycles. The van der Waals surface area contributed by atoms with Crippen molar-refractivity contribution in [3.8, 4) is 6.07 Å². The van der Waals surface area contributed by atoms with E-state index in [4.69, 9.17) is 5.26 Å². The second kappa shape index (κ2) is 3.43. The normalized spacial score (nSPS) is 10.9. The van der Waals surface area contributed by atoms with Crippen LogP contribution >= 0.6 is 0 Å². The van der Waals surface area contributed by atoms with Crippen LogP contribution in [0.4, 0.5) is 0 Å². The number of aryl methyl sites for hydroxylation is 1. The molecule has 76 valence electrons. The minimum atomic E-state index is 0.386. The molecule has 0 N–H and O–H groups in total. The van der Waals surface area contributed by atoms with Gasteiger partial charge < -0.3 is 4.57 Å². The van der Waals surface area contributed by atoms with Crippen molar-refractivity contribution >= 4 is 10.9 Å². The van der Waals surface area contributed by atoms with Crippen molar-refractivity contribution in [3.63, 3.8) is 0 Å². The molecule has 0 fully saturated rings. The second-order valence-electron chi connectivity index (χ2n) is 4.18. The van der Waals surface area contributed by atoms with E-state index in [9.17, 15) is 0 Å². The van der Waals surface area contributed by atoms with Crippen LogP contribution in [-0.4, -0.2) is 4.57 Å². The number of aromatic nitrogens is 1. The predicted octanol–water partition coefficient (Wildman–Crippen LogP) is 3.40. The van der Waals surface area contributed by atoms with Crippen molar-refractivity contribution in [3.05, 3.63) is 35.5 Å². The zero-order valence-corrected chi connectivity index (χ0v) is 9.28. The van der Waals surface area contributed by atoms with E-state index in [1.54, 1.807) is 0 Å². The van der Waals surface area contributed by atoms with E-state index in [0.717, 1.165) is 16.5 Å². The Hall–Kier alpha value is -1.75. The van der Waals surface area contributed by atoms with Gasteiger partial charge in [-0.2, -0.15) is 5.26 Å². The van der Waals surface area contributed by atoms with Crippen LogP contribution in [0.1, 0.15) is 31.0 Å². The molecule has 1 heterocycles. The Morgan fingerprint density at radius 3 is 2.67 bits per heavy atom. The van der Waals surface area contributed by atoms with E-state index >= 15 is 0 Å². The Kier molecular flexibility index (Phi) is 2.24. The summed E-state index contributed by atoms with van der Waals surface area (Å²) in [6, 6.07) is 8.89. The lowest BCUT2D eigenvalue weighted by Gasteiger charge is -2.08. The minimum absolute atomic E-state index is 0.386. The van der Waals surface area contributed by atoms with Crippen LogP contribution in [0, 0.1) is 18.3 Å². The molecule has 0 radical (unpaired) electrons. The SMILES string of the molecule is Cc1ccc2c(c1)c(C#N)cn2C(C)C. The third-order valence-corrected chi connectivity index (χ3v) is 2.67. The maximum Gasteiger partial charge on any atom is 0.101 e. The van der Waals surface area contributed by atoms with Crippen LogP contribution in [0.3, 0.4) is 0 Å². The molecule has 0 saturated heterocycles. The summed E-state index contributed by atoms with van der Waals surface area (Å²) in [5.74, 6) is 0. The van der Waals surface area contributed by atoms with Gasteiger partial charge >= 0.3 is 0 Å². The third-order valence-electron chi connectivity index (χ3n) is 2.67. The van der Waals surface area contributed by atoms with Crippen LogP contribution in [0.25, 0.3) is 10.9 Å². The van der Waals surface area contributed by atoms with E-state index < -0.39 is 0 Å². The first kappa shape index (κ1) is 9.79. The molecule has 0 atom stereocenters. The fraction of sp³-hybridized carbons (Fsp3) is 0.308. The second-order valence-corrected chi connectivity index (χ2v) is 4.18. The first-order valence-corrected chi connectivity index (χ1v) is 5.15. The maximum absolute atomic E-state index is 9.06. The predicted molar refractivity (Wildman–Crippen MR) is 61.8 cm³/mol. The Balaban J connectivity index is 2.82. The quantitative estimate of drug-likeness (QED) is 0.690. The molecule has 0 saturated carbocycles. The summed E-state index contributed by atoms with van der Waals surface area (Å²) in [4.78, 5) is 0. The van der Waals surface area contributed by atoms with Crippen LogP contribution in [0.5, 0.6) is 0 Å². The number of hydrogen-bond acceptors (Lipinski definition) is 1. The molecule has 0 spiro atoms. The van der Waals surface area contributed by atoms with E-state index in [0.29, 0.717) is 6.04 Å². The van der Waals surface area contributed by atoms with Gasteiger partial charge in [-0.15, -0.1) is 0 Å². The van der Waals surface area contributed by atoms with Crippen LogP contribution < -0.4 is 0 Å². The summed E-state index contributed by atoms with van der Waals surface area (Å²) >= 11 is 0. The first-order valence-electron chi connectivity index (χ1n) is 5.15. The summed E-state index contributed by atoms with van der Waals surface area (Å²) in [7, 11) is 0. The number of fused-ring (bicyclic) bond motifs is 1. The number of hydrogen-bond donors (Lipinski definition) is 0. The monoisotopic (exact) mass is 198 g/mol. The van der Waals surface area contributed by atoms with Gasteiger partial charge in [0.25, 0.3) is 0 Å². The van der Waals surface area contributed by atoms with Gasteiger partial charge in [-0.1, -0.05) is 11.6 Å². The highest BCUT2D eigenvalue weighted by molar-refractivity contribution is 5.87. The molecule has 0 unspecified atom stereocenters. The maximum atomic E-state index is 9.06. The van der Waals surface area contributed by atoms with E-state index in [1.165, 1.54) is 5.56 Å². The average Bonchev–Trinajstić information content (AvgIpc) is 2.55. The largest absolute Gasteiger partial charge is 0.344 e. The van der Waals surface area contributed by atoms with Gasteiger partial charge in [-0.3, -0.25) is 0 Å². The standard InChI is InChI=1S/C13H14N2/c1-9(2)15-8-11(7-14)12-6-10(3)4-5-13(12)15/h4-6,8-9H,1-3H3. The van der Waals surface area contributed by atoms with Gasteiger partial charge in [-0.05, 0) is 32.9 Å². The molecule has 15 heavy (non-hydrogen) atoms. The highest BCUT2D eigenvalue weighted by Crippen LogP contribution is 2.25. The molecule has 0 aliphatic carbocycles. The summed E-state index contributed by atoms with van der Waals surface area (Å²) in [5, 5.41) is 10.1. The number of nitriles is 1. The molecule has 1 aromatic carbocycles.